The third kappa shape index (κ3) is 3.79. The number of hydrogen-bond donors (Lipinski definition) is 2. The molecule has 0 heterocycles. The Balaban J connectivity index is 4.95. The SMILES string of the molecule is CCC(C#N)S(=O)(=O)N[C@@H](C(=O)O)C(C)C. The fourth-order valence-electron chi connectivity index (χ4n) is 1.11. The predicted molar refractivity (Wildman–Crippen MR) is 58.0 cm³/mol. The Morgan fingerprint density at radius 1 is 1.50 bits per heavy atom. The minimum Gasteiger partial charge on any atom is -0.480 e. The summed E-state index contributed by atoms with van der Waals surface area (Å²) in [6.07, 6.45) is 0.121. The van der Waals surface area contributed by atoms with Crippen LogP contribution in [-0.2, 0) is 14.8 Å². The molecule has 16 heavy (non-hydrogen) atoms. The van der Waals surface area contributed by atoms with E-state index >= 15 is 0 Å². The van der Waals surface area contributed by atoms with E-state index in [-0.39, 0.29) is 12.3 Å². The third-order valence-electron chi connectivity index (χ3n) is 2.11. The molecule has 2 atom stereocenters. The van der Waals surface area contributed by atoms with Crippen molar-refractivity contribution in [3.63, 3.8) is 0 Å². The molecule has 0 aromatic heterocycles. The Labute approximate surface area is 95.3 Å². The standard InChI is InChI=1S/C9H16N2O4S/c1-4-7(5-10)16(14,15)11-8(6(2)3)9(12)13/h6-8,11H,4H2,1-3H3,(H,12,13)/t7?,8-/m1/s1. The van der Waals surface area contributed by atoms with Gasteiger partial charge in [0.25, 0.3) is 0 Å². The Hall–Kier alpha value is -1.13. The van der Waals surface area contributed by atoms with Crippen LogP contribution in [0.5, 0.6) is 0 Å². The van der Waals surface area contributed by atoms with Crippen molar-refractivity contribution in [2.75, 3.05) is 0 Å². The van der Waals surface area contributed by atoms with Gasteiger partial charge in [0.1, 0.15) is 6.04 Å². The minimum atomic E-state index is -3.90. The fourth-order valence-corrected chi connectivity index (χ4v) is 2.58. The van der Waals surface area contributed by atoms with Crippen LogP contribution in [0.4, 0.5) is 0 Å². The maximum absolute atomic E-state index is 11.6. The highest BCUT2D eigenvalue weighted by molar-refractivity contribution is 7.90. The summed E-state index contributed by atoms with van der Waals surface area (Å²) < 4.78 is 25.3. The van der Waals surface area contributed by atoms with Crippen molar-refractivity contribution in [2.24, 2.45) is 5.92 Å². The van der Waals surface area contributed by atoms with Gasteiger partial charge in [-0.2, -0.15) is 9.98 Å². The Bertz CT molecular complexity index is 383. The number of rotatable bonds is 6. The van der Waals surface area contributed by atoms with Gasteiger partial charge < -0.3 is 5.11 Å². The number of carboxylic acids is 1. The number of nitrogens with zero attached hydrogens (tertiary/aromatic N) is 1. The lowest BCUT2D eigenvalue weighted by molar-refractivity contribution is -0.140. The number of nitrogens with one attached hydrogen (secondary N) is 1. The summed E-state index contributed by atoms with van der Waals surface area (Å²) in [5.74, 6) is -1.63. The summed E-state index contributed by atoms with van der Waals surface area (Å²) in [6.45, 7) is 4.74. The van der Waals surface area contributed by atoms with Gasteiger partial charge in [-0.1, -0.05) is 20.8 Å². The zero-order valence-corrected chi connectivity index (χ0v) is 10.3. The molecule has 0 saturated carbocycles. The highest BCUT2D eigenvalue weighted by atomic mass is 32.2. The van der Waals surface area contributed by atoms with Gasteiger partial charge >= 0.3 is 5.97 Å². The maximum atomic E-state index is 11.6. The van der Waals surface area contributed by atoms with Crippen LogP contribution >= 0.6 is 0 Å². The minimum absolute atomic E-state index is 0.121. The number of sulfonamides is 1. The zero-order valence-electron chi connectivity index (χ0n) is 9.47. The lowest BCUT2D eigenvalue weighted by atomic mass is 10.1. The second-order valence-corrected chi connectivity index (χ2v) is 5.64. The largest absolute Gasteiger partial charge is 0.480 e. The molecule has 7 heteroatoms. The Morgan fingerprint density at radius 3 is 2.25 bits per heavy atom. The molecular weight excluding hydrogens is 232 g/mol. The lowest BCUT2D eigenvalue weighted by Gasteiger charge is -2.19. The Kier molecular flexibility index (Phi) is 5.41. The van der Waals surface area contributed by atoms with Gasteiger partial charge in [-0.05, 0) is 12.3 Å². The number of aliphatic carboxylic acids is 1. The summed E-state index contributed by atoms with van der Waals surface area (Å²) in [4.78, 5) is 10.8. The number of carbonyl (C=O) groups is 1. The van der Waals surface area contributed by atoms with Gasteiger partial charge in [0, 0.05) is 0 Å². The molecule has 0 spiro atoms. The average molecular weight is 248 g/mol. The van der Waals surface area contributed by atoms with Gasteiger partial charge in [0.2, 0.25) is 10.0 Å². The molecule has 0 bridgehead atoms. The van der Waals surface area contributed by atoms with Crippen molar-refractivity contribution < 1.29 is 18.3 Å². The van der Waals surface area contributed by atoms with E-state index in [4.69, 9.17) is 10.4 Å². The van der Waals surface area contributed by atoms with E-state index in [9.17, 15) is 13.2 Å². The zero-order chi connectivity index (χ0) is 12.9. The first-order valence-corrected chi connectivity index (χ1v) is 6.44. The van der Waals surface area contributed by atoms with E-state index in [0.717, 1.165) is 0 Å². The molecule has 0 fully saturated rings. The average Bonchev–Trinajstić information content (AvgIpc) is 2.14. The van der Waals surface area contributed by atoms with Gasteiger partial charge in [0.15, 0.2) is 5.25 Å². The van der Waals surface area contributed by atoms with E-state index in [0.29, 0.717) is 0 Å². The molecule has 6 nitrogen and oxygen atoms in total. The molecule has 2 N–H and O–H groups in total. The van der Waals surface area contributed by atoms with E-state index in [1.165, 1.54) is 0 Å². The number of nitriles is 1. The molecule has 0 saturated heterocycles. The summed E-state index contributed by atoms with van der Waals surface area (Å²) in [7, 11) is -3.90. The molecule has 1 unspecified atom stereocenters. The summed E-state index contributed by atoms with van der Waals surface area (Å²) in [6, 6.07) is 0.430. The van der Waals surface area contributed by atoms with Crippen molar-refractivity contribution >= 4 is 16.0 Å². The molecule has 0 aliphatic rings. The van der Waals surface area contributed by atoms with E-state index in [1.54, 1.807) is 26.8 Å². The molecule has 92 valence electrons. The molecule has 0 aliphatic heterocycles. The van der Waals surface area contributed by atoms with Crippen LogP contribution in [0, 0.1) is 17.2 Å². The molecule has 0 aromatic rings. The van der Waals surface area contributed by atoms with Crippen LogP contribution in [0.1, 0.15) is 27.2 Å². The van der Waals surface area contributed by atoms with Gasteiger partial charge in [-0.25, -0.2) is 8.42 Å². The topological polar surface area (TPSA) is 107 Å². The van der Waals surface area contributed by atoms with Crippen molar-refractivity contribution in [3.05, 3.63) is 0 Å². The summed E-state index contributed by atoms with van der Waals surface area (Å²) in [5, 5.41) is 16.2. The fraction of sp³-hybridized carbons (Fsp3) is 0.778. The quantitative estimate of drug-likeness (QED) is 0.703. The smallest absolute Gasteiger partial charge is 0.321 e. The van der Waals surface area contributed by atoms with Crippen LogP contribution < -0.4 is 4.72 Å². The van der Waals surface area contributed by atoms with Gasteiger partial charge in [0.05, 0.1) is 6.07 Å². The summed E-state index contributed by atoms with van der Waals surface area (Å²) in [5.41, 5.74) is 0. The summed E-state index contributed by atoms with van der Waals surface area (Å²) >= 11 is 0. The first-order valence-electron chi connectivity index (χ1n) is 4.89. The van der Waals surface area contributed by atoms with E-state index in [2.05, 4.69) is 0 Å². The number of carboxylic acid groups (broad SMARTS) is 1. The van der Waals surface area contributed by atoms with Crippen LogP contribution in [0.25, 0.3) is 0 Å². The van der Waals surface area contributed by atoms with Crippen molar-refractivity contribution in [2.45, 2.75) is 38.5 Å². The monoisotopic (exact) mass is 248 g/mol. The lowest BCUT2D eigenvalue weighted by Crippen LogP contribution is -2.47. The Morgan fingerprint density at radius 2 is 2.00 bits per heavy atom. The normalized spacial score (nSPS) is 15.4. The van der Waals surface area contributed by atoms with Crippen LogP contribution in [0.15, 0.2) is 0 Å². The first kappa shape index (κ1) is 14.9. The predicted octanol–water partition coefficient (Wildman–Crippen LogP) is 0.317. The third-order valence-corrected chi connectivity index (χ3v) is 3.88. The molecule has 0 aromatic carbocycles. The van der Waals surface area contributed by atoms with Crippen LogP contribution in [0.3, 0.4) is 0 Å². The van der Waals surface area contributed by atoms with Crippen LogP contribution in [-0.4, -0.2) is 30.8 Å². The van der Waals surface area contributed by atoms with E-state index < -0.39 is 27.3 Å². The van der Waals surface area contributed by atoms with Crippen molar-refractivity contribution in [3.8, 4) is 6.07 Å². The molecule has 0 radical (unpaired) electrons. The van der Waals surface area contributed by atoms with Crippen molar-refractivity contribution in [1.82, 2.24) is 4.72 Å². The maximum Gasteiger partial charge on any atom is 0.321 e. The highest BCUT2D eigenvalue weighted by Gasteiger charge is 2.31. The van der Waals surface area contributed by atoms with Crippen molar-refractivity contribution in [1.29, 1.82) is 5.26 Å². The highest BCUT2D eigenvalue weighted by Crippen LogP contribution is 2.08. The second kappa shape index (κ2) is 5.82. The first-order chi connectivity index (χ1) is 7.26. The number of hydrogen-bond acceptors (Lipinski definition) is 4. The molecule has 0 amide bonds. The van der Waals surface area contributed by atoms with Crippen LogP contribution in [0.2, 0.25) is 0 Å². The second-order valence-electron chi connectivity index (χ2n) is 3.75. The molecule has 0 rings (SSSR count). The molecule has 0 aliphatic carbocycles. The van der Waals surface area contributed by atoms with Gasteiger partial charge in [-0.15, -0.1) is 0 Å². The van der Waals surface area contributed by atoms with Gasteiger partial charge in [-0.3, -0.25) is 4.79 Å². The molecular formula is C9H16N2O4S. The van der Waals surface area contributed by atoms with E-state index in [1.807, 2.05) is 4.72 Å².